The molecule has 0 atom stereocenters. The fraction of sp³-hybridized carbons (Fsp3) is 0.571. The van der Waals surface area contributed by atoms with Crippen LogP contribution in [0.2, 0.25) is 0 Å². The predicted molar refractivity (Wildman–Crippen MR) is 85.1 cm³/mol. The summed E-state index contributed by atoms with van der Waals surface area (Å²) < 4.78 is 11.3. The van der Waals surface area contributed by atoms with Gasteiger partial charge < -0.3 is 19.3 Å². The Kier molecular flexibility index (Phi) is 2.89. The molecule has 3 rings (SSSR count). The summed E-state index contributed by atoms with van der Waals surface area (Å²) in [6.45, 7) is 9.59. The van der Waals surface area contributed by atoms with Gasteiger partial charge >= 0.3 is 0 Å². The van der Waals surface area contributed by atoms with Crippen LogP contribution in [-0.2, 0) is 9.47 Å². The summed E-state index contributed by atoms with van der Waals surface area (Å²) in [4.78, 5) is 4.28. The van der Waals surface area contributed by atoms with Crippen LogP contribution in [0.3, 0.4) is 0 Å². The molecule has 0 aromatic carbocycles. The second kappa shape index (κ2) is 4.18. The van der Waals surface area contributed by atoms with E-state index in [0.717, 1.165) is 11.4 Å². The number of ether oxygens (including phenoxy) is 2. The zero-order valence-corrected chi connectivity index (χ0v) is 13.7. The van der Waals surface area contributed by atoms with E-state index in [0.29, 0.717) is 23.3 Å². The number of hydrogen-bond acceptors (Lipinski definition) is 6. The molecule has 0 aliphatic carbocycles. The lowest BCUT2D eigenvalue weighted by Gasteiger charge is -2.51. The molecule has 0 spiro atoms. The summed E-state index contributed by atoms with van der Waals surface area (Å²) in [5.74, 6) is 0. The lowest BCUT2D eigenvalue weighted by Crippen LogP contribution is -2.57. The molecule has 2 fully saturated rings. The zero-order valence-electron chi connectivity index (χ0n) is 12.1. The smallest absolute Gasteiger partial charge is 0.209 e. The van der Waals surface area contributed by atoms with Crippen LogP contribution in [0, 0.1) is 0 Å². The highest BCUT2D eigenvalue weighted by Crippen LogP contribution is 2.38. The lowest BCUT2D eigenvalue weighted by molar-refractivity contribution is 0.0680. The minimum atomic E-state index is -0.162. The Morgan fingerprint density at radius 1 is 0.850 bits per heavy atom. The van der Waals surface area contributed by atoms with E-state index in [-0.39, 0.29) is 11.1 Å². The minimum Gasteiger partial charge on any atom is -0.479 e. The van der Waals surface area contributed by atoms with Crippen molar-refractivity contribution >= 4 is 34.5 Å². The second-order valence-electron chi connectivity index (χ2n) is 6.55. The monoisotopic (exact) mass is 310 g/mol. The van der Waals surface area contributed by atoms with Crippen LogP contribution in [0.25, 0.3) is 0 Å². The van der Waals surface area contributed by atoms with Gasteiger partial charge in [-0.25, -0.2) is 0 Å². The SMILES string of the molecule is CC1(C)COC(=S)C2=CN3C(=CN21)C(=S)OCC3(C)C. The average molecular weight is 310 g/mol. The van der Waals surface area contributed by atoms with Crippen LogP contribution < -0.4 is 0 Å². The van der Waals surface area contributed by atoms with Crippen LogP contribution in [0.4, 0.5) is 0 Å². The number of fused-ring (bicyclic) bond motifs is 2. The van der Waals surface area contributed by atoms with Gasteiger partial charge in [0, 0.05) is 12.4 Å². The third kappa shape index (κ3) is 1.93. The van der Waals surface area contributed by atoms with Crippen LogP contribution >= 0.6 is 24.4 Å². The average Bonchev–Trinajstić information content (AvgIpc) is 2.38. The molecular weight excluding hydrogens is 292 g/mol. The Balaban J connectivity index is 2.10. The summed E-state index contributed by atoms with van der Waals surface area (Å²) in [6, 6.07) is 0. The topological polar surface area (TPSA) is 24.9 Å². The number of morpholine rings is 2. The van der Waals surface area contributed by atoms with Gasteiger partial charge in [-0.05, 0) is 52.1 Å². The minimum absolute atomic E-state index is 0.162. The molecule has 0 radical (unpaired) electrons. The molecule has 0 aromatic heterocycles. The molecule has 20 heavy (non-hydrogen) atoms. The molecule has 0 bridgehead atoms. The lowest BCUT2D eigenvalue weighted by atomic mass is 9.97. The van der Waals surface area contributed by atoms with Crippen molar-refractivity contribution in [3.63, 3.8) is 0 Å². The first-order valence-electron chi connectivity index (χ1n) is 6.59. The van der Waals surface area contributed by atoms with E-state index < -0.39 is 0 Å². The van der Waals surface area contributed by atoms with Gasteiger partial charge in [0.15, 0.2) is 0 Å². The fourth-order valence-electron chi connectivity index (χ4n) is 2.58. The van der Waals surface area contributed by atoms with Crippen LogP contribution in [-0.4, -0.2) is 44.2 Å². The summed E-state index contributed by atoms with van der Waals surface area (Å²) in [6.07, 6.45) is 4.07. The Morgan fingerprint density at radius 3 is 1.55 bits per heavy atom. The van der Waals surface area contributed by atoms with E-state index in [1.165, 1.54) is 0 Å². The number of thiocarbonyl (C=S) groups is 2. The normalized spacial score (nSPS) is 26.8. The molecule has 3 aliphatic rings. The standard InChI is InChI=1S/C14H18N2O2S2/c1-13(2)7-17-11(19)9-6-16-10(5-15(9)13)12(20)18-8-14(16,3)4/h5-6H,7-8H2,1-4H3. The van der Waals surface area contributed by atoms with E-state index in [2.05, 4.69) is 37.5 Å². The molecule has 0 unspecified atom stereocenters. The first kappa shape index (κ1) is 13.8. The Morgan fingerprint density at radius 2 is 1.20 bits per heavy atom. The molecular formula is C14H18N2O2S2. The van der Waals surface area contributed by atoms with Crippen molar-refractivity contribution in [2.75, 3.05) is 13.2 Å². The molecule has 0 saturated carbocycles. The van der Waals surface area contributed by atoms with E-state index >= 15 is 0 Å². The van der Waals surface area contributed by atoms with Gasteiger partial charge in [0.2, 0.25) is 10.1 Å². The number of nitrogens with zero attached hydrogens (tertiary/aromatic N) is 2. The molecule has 2 saturated heterocycles. The molecule has 0 aromatic rings. The van der Waals surface area contributed by atoms with E-state index in [1.54, 1.807) is 0 Å². The van der Waals surface area contributed by atoms with E-state index in [9.17, 15) is 0 Å². The predicted octanol–water partition coefficient (Wildman–Crippen LogP) is 2.56. The fourth-order valence-corrected chi connectivity index (χ4v) is 3.00. The van der Waals surface area contributed by atoms with E-state index in [4.69, 9.17) is 33.9 Å². The van der Waals surface area contributed by atoms with Crippen LogP contribution in [0.1, 0.15) is 27.7 Å². The van der Waals surface area contributed by atoms with Crippen molar-refractivity contribution in [1.82, 2.24) is 9.80 Å². The quantitative estimate of drug-likeness (QED) is 0.638. The van der Waals surface area contributed by atoms with Crippen molar-refractivity contribution in [2.45, 2.75) is 38.8 Å². The summed E-state index contributed by atoms with van der Waals surface area (Å²) in [5.41, 5.74) is 1.50. The zero-order chi connectivity index (χ0) is 14.7. The Bertz CT molecular complexity index is 514. The highest BCUT2D eigenvalue weighted by molar-refractivity contribution is 7.80. The maximum Gasteiger partial charge on any atom is 0.209 e. The summed E-state index contributed by atoms with van der Waals surface area (Å²) in [7, 11) is 0. The van der Waals surface area contributed by atoms with Gasteiger partial charge in [0.25, 0.3) is 0 Å². The van der Waals surface area contributed by atoms with Gasteiger partial charge in [-0.15, -0.1) is 0 Å². The molecule has 0 amide bonds. The van der Waals surface area contributed by atoms with Crippen molar-refractivity contribution in [3.8, 4) is 0 Å². The molecule has 3 heterocycles. The third-order valence-corrected chi connectivity index (χ3v) is 4.51. The van der Waals surface area contributed by atoms with Crippen LogP contribution in [0.15, 0.2) is 23.8 Å². The Hall–Kier alpha value is -1.14. The first-order chi connectivity index (χ1) is 9.22. The maximum atomic E-state index is 5.64. The van der Waals surface area contributed by atoms with Crippen molar-refractivity contribution in [2.24, 2.45) is 0 Å². The van der Waals surface area contributed by atoms with Gasteiger partial charge in [0.05, 0.1) is 11.1 Å². The van der Waals surface area contributed by atoms with Gasteiger partial charge in [-0.1, -0.05) is 0 Å². The molecule has 4 nitrogen and oxygen atoms in total. The van der Waals surface area contributed by atoms with Crippen molar-refractivity contribution in [1.29, 1.82) is 0 Å². The number of hydrogen-bond donors (Lipinski definition) is 0. The van der Waals surface area contributed by atoms with Gasteiger partial charge in [-0.2, -0.15) is 0 Å². The largest absolute Gasteiger partial charge is 0.479 e. The van der Waals surface area contributed by atoms with E-state index in [1.807, 2.05) is 12.4 Å². The molecule has 0 N–H and O–H groups in total. The third-order valence-electron chi connectivity index (χ3n) is 3.86. The van der Waals surface area contributed by atoms with Gasteiger partial charge in [-0.3, -0.25) is 0 Å². The van der Waals surface area contributed by atoms with Crippen LogP contribution in [0.5, 0.6) is 0 Å². The number of rotatable bonds is 0. The molecule has 6 heteroatoms. The first-order valence-corrected chi connectivity index (χ1v) is 7.41. The maximum absolute atomic E-state index is 5.64. The highest BCUT2D eigenvalue weighted by atomic mass is 32.1. The van der Waals surface area contributed by atoms with Gasteiger partial charge in [0.1, 0.15) is 24.6 Å². The molecule has 3 aliphatic heterocycles. The highest BCUT2D eigenvalue weighted by Gasteiger charge is 2.44. The second-order valence-corrected chi connectivity index (χ2v) is 7.29. The van der Waals surface area contributed by atoms with Crippen molar-refractivity contribution in [3.05, 3.63) is 23.8 Å². The summed E-state index contributed by atoms with van der Waals surface area (Å²) >= 11 is 10.7. The van der Waals surface area contributed by atoms with Crippen molar-refractivity contribution < 1.29 is 9.47 Å². The summed E-state index contributed by atoms with van der Waals surface area (Å²) in [5, 5.41) is 1.07. The molecule has 108 valence electrons. The Labute approximate surface area is 130 Å².